The number of carbonyl (C=O) groups is 3. The van der Waals surface area contributed by atoms with Crippen LogP contribution in [0.15, 0.2) is 12.3 Å². The molecular weight excluding hydrogens is 248 g/mol. The Labute approximate surface area is 111 Å². The summed E-state index contributed by atoms with van der Waals surface area (Å²) in [6.45, 7) is 3.31. The van der Waals surface area contributed by atoms with E-state index in [1.165, 1.54) is 13.0 Å². The molecule has 1 unspecified atom stereocenters. The van der Waals surface area contributed by atoms with Gasteiger partial charge in [-0.25, -0.2) is 0 Å². The van der Waals surface area contributed by atoms with Crippen molar-refractivity contribution in [2.24, 2.45) is 13.0 Å². The molecule has 0 saturated carbocycles. The molecule has 6 nitrogen and oxygen atoms in total. The maximum Gasteiger partial charge on any atom is 0.306 e. The van der Waals surface area contributed by atoms with Gasteiger partial charge >= 0.3 is 5.97 Å². The van der Waals surface area contributed by atoms with Crippen molar-refractivity contribution in [1.29, 1.82) is 0 Å². The van der Waals surface area contributed by atoms with Crippen molar-refractivity contribution >= 4 is 17.7 Å². The van der Waals surface area contributed by atoms with Crippen LogP contribution in [0.2, 0.25) is 0 Å². The first-order valence-corrected chi connectivity index (χ1v) is 6.01. The zero-order valence-corrected chi connectivity index (χ0v) is 11.3. The van der Waals surface area contributed by atoms with Crippen LogP contribution in [0.1, 0.15) is 41.1 Å². The third-order valence-corrected chi connectivity index (χ3v) is 2.93. The highest BCUT2D eigenvalue weighted by Crippen LogP contribution is 2.08. The van der Waals surface area contributed by atoms with E-state index < -0.39 is 11.9 Å². The van der Waals surface area contributed by atoms with Gasteiger partial charge in [-0.15, -0.1) is 0 Å². The topological polar surface area (TPSA) is 88.4 Å². The fraction of sp³-hybridized carbons (Fsp3) is 0.462. The predicted octanol–water partition coefficient (Wildman–Crippen LogP) is 1.07. The summed E-state index contributed by atoms with van der Waals surface area (Å²) in [5, 5.41) is 11.4. The smallest absolute Gasteiger partial charge is 0.306 e. The molecule has 0 spiro atoms. The Kier molecular flexibility index (Phi) is 4.86. The van der Waals surface area contributed by atoms with Gasteiger partial charge in [0.2, 0.25) is 0 Å². The molecule has 19 heavy (non-hydrogen) atoms. The Morgan fingerprint density at radius 1 is 1.42 bits per heavy atom. The van der Waals surface area contributed by atoms with Crippen molar-refractivity contribution < 1.29 is 19.5 Å². The molecule has 0 aliphatic carbocycles. The summed E-state index contributed by atoms with van der Waals surface area (Å²) in [6.07, 6.45) is 1.96. The average molecular weight is 266 g/mol. The second-order valence-corrected chi connectivity index (χ2v) is 4.56. The minimum Gasteiger partial charge on any atom is -0.481 e. The van der Waals surface area contributed by atoms with Crippen LogP contribution < -0.4 is 5.32 Å². The lowest BCUT2D eigenvalue weighted by atomic mass is 10.1. The Bertz CT molecular complexity index is 505. The quantitative estimate of drug-likeness (QED) is 0.754. The van der Waals surface area contributed by atoms with E-state index >= 15 is 0 Å². The Morgan fingerprint density at radius 3 is 2.53 bits per heavy atom. The van der Waals surface area contributed by atoms with E-state index in [0.717, 1.165) is 0 Å². The summed E-state index contributed by atoms with van der Waals surface area (Å²) < 4.78 is 1.58. The molecule has 0 fully saturated rings. The molecule has 0 aromatic carbocycles. The van der Waals surface area contributed by atoms with Crippen molar-refractivity contribution in [3.8, 4) is 0 Å². The number of hydrogen-bond donors (Lipinski definition) is 2. The molecule has 1 heterocycles. The van der Waals surface area contributed by atoms with Crippen LogP contribution in [-0.4, -0.2) is 33.9 Å². The number of nitrogens with zero attached hydrogens (tertiary/aromatic N) is 1. The van der Waals surface area contributed by atoms with E-state index in [1.54, 1.807) is 24.7 Å². The minimum atomic E-state index is -0.882. The number of aliphatic carboxylic acids is 1. The monoisotopic (exact) mass is 266 g/mol. The number of amides is 1. The van der Waals surface area contributed by atoms with Crippen LogP contribution in [0.4, 0.5) is 0 Å². The predicted molar refractivity (Wildman–Crippen MR) is 69.2 cm³/mol. The summed E-state index contributed by atoms with van der Waals surface area (Å²) in [5.74, 6) is -1.80. The first kappa shape index (κ1) is 14.9. The van der Waals surface area contributed by atoms with Crippen LogP contribution in [0, 0.1) is 5.92 Å². The normalized spacial score (nSPS) is 11.9. The lowest BCUT2D eigenvalue weighted by Crippen LogP contribution is -2.28. The zero-order valence-electron chi connectivity index (χ0n) is 11.3. The van der Waals surface area contributed by atoms with Gasteiger partial charge in [0.15, 0.2) is 5.78 Å². The van der Waals surface area contributed by atoms with E-state index in [-0.39, 0.29) is 18.2 Å². The lowest BCUT2D eigenvalue weighted by Gasteiger charge is -2.08. The second-order valence-electron chi connectivity index (χ2n) is 4.56. The molecule has 0 bridgehead atoms. The van der Waals surface area contributed by atoms with E-state index in [9.17, 15) is 14.4 Å². The standard InChI is InChI=1S/C13H18N2O4/c1-8(13(18)19)4-5-14-12(17)11-6-10(9(2)16)7-15(11)3/h6-8H,4-5H2,1-3H3,(H,14,17)(H,18,19). The van der Waals surface area contributed by atoms with Crippen molar-refractivity contribution in [3.63, 3.8) is 0 Å². The number of hydrogen-bond acceptors (Lipinski definition) is 3. The van der Waals surface area contributed by atoms with E-state index in [2.05, 4.69) is 5.32 Å². The molecule has 0 radical (unpaired) electrons. The second kappa shape index (κ2) is 6.17. The number of ketones is 1. The molecule has 104 valence electrons. The number of Topliss-reactive ketones (excluding diaryl/α,β-unsaturated/α-hetero) is 1. The Balaban J connectivity index is 2.59. The van der Waals surface area contributed by atoms with Gasteiger partial charge < -0.3 is 15.0 Å². The van der Waals surface area contributed by atoms with Crippen molar-refractivity contribution in [3.05, 3.63) is 23.5 Å². The lowest BCUT2D eigenvalue weighted by molar-refractivity contribution is -0.141. The molecule has 2 N–H and O–H groups in total. The molecule has 0 aliphatic heterocycles. The van der Waals surface area contributed by atoms with Crippen LogP contribution in [-0.2, 0) is 11.8 Å². The van der Waals surface area contributed by atoms with Gasteiger partial charge in [0.25, 0.3) is 5.91 Å². The molecule has 0 aliphatic rings. The van der Waals surface area contributed by atoms with E-state index in [4.69, 9.17) is 5.11 Å². The average Bonchev–Trinajstić information content (AvgIpc) is 2.71. The summed E-state index contributed by atoms with van der Waals surface area (Å²) >= 11 is 0. The molecule has 0 saturated heterocycles. The van der Waals surface area contributed by atoms with E-state index in [1.807, 2.05) is 0 Å². The maximum atomic E-state index is 11.9. The SMILES string of the molecule is CC(=O)c1cc(C(=O)NCCC(C)C(=O)O)n(C)c1. The van der Waals surface area contributed by atoms with Crippen LogP contribution >= 0.6 is 0 Å². The first-order chi connectivity index (χ1) is 8.82. The molecule has 1 aromatic rings. The number of carboxylic acids is 1. The van der Waals surface area contributed by atoms with Gasteiger partial charge in [-0.2, -0.15) is 0 Å². The van der Waals surface area contributed by atoms with Crippen molar-refractivity contribution in [2.75, 3.05) is 6.54 Å². The fourth-order valence-electron chi connectivity index (χ4n) is 1.60. The highest BCUT2D eigenvalue weighted by atomic mass is 16.4. The van der Waals surface area contributed by atoms with Crippen LogP contribution in [0.5, 0.6) is 0 Å². The summed E-state index contributed by atoms with van der Waals surface area (Å²) in [6, 6.07) is 1.53. The van der Waals surface area contributed by atoms with Crippen LogP contribution in [0.25, 0.3) is 0 Å². The molecule has 1 rings (SSSR count). The van der Waals surface area contributed by atoms with Gasteiger partial charge in [0.05, 0.1) is 5.92 Å². The largest absolute Gasteiger partial charge is 0.481 e. The molecule has 1 atom stereocenters. The van der Waals surface area contributed by atoms with E-state index in [0.29, 0.717) is 17.7 Å². The molecule has 1 amide bonds. The summed E-state index contributed by atoms with van der Waals surface area (Å²) in [7, 11) is 1.68. The number of aromatic nitrogens is 1. The Morgan fingerprint density at radius 2 is 2.05 bits per heavy atom. The zero-order chi connectivity index (χ0) is 14.6. The third-order valence-electron chi connectivity index (χ3n) is 2.93. The molecule has 1 aromatic heterocycles. The Hall–Kier alpha value is -2.11. The minimum absolute atomic E-state index is 0.103. The van der Waals surface area contributed by atoms with Crippen molar-refractivity contribution in [2.45, 2.75) is 20.3 Å². The number of carbonyl (C=O) groups excluding carboxylic acids is 2. The first-order valence-electron chi connectivity index (χ1n) is 6.01. The summed E-state index contributed by atoms with van der Waals surface area (Å²) in [4.78, 5) is 33.7. The van der Waals surface area contributed by atoms with Gasteiger partial charge in [0, 0.05) is 25.4 Å². The number of rotatable bonds is 6. The molecule has 6 heteroatoms. The van der Waals surface area contributed by atoms with Gasteiger partial charge in [-0.1, -0.05) is 6.92 Å². The fourth-order valence-corrected chi connectivity index (χ4v) is 1.60. The van der Waals surface area contributed by atoms with Gasteiger partial charge in [0.1, 0.15) is 5.69 Å². The van der Waals surface area contributed by atoms with Crippen LogP contribution in [0.3, 0.4) is 0 Å². The maximum absolute atomic E-state index is 11.9. The third kappa shape index (κ3) is 3.94. The number of carboxylic acid groups (broad SMARTS) is 1. The highest BCUT2D eigenvalue weighted by Gasteiger charge is 2.15. The highest BCUT2D eigenvalue weighted by molar-refractivity contribution is 5.99. The number of aryl methyl sites for hydroxylation is 1. The molecular formula is C13H18N2O4. The number of nitrogens with one attached hydrogen (secondary N) is 1. The van der Waals surface area contributed by atoms with Gasteiger partial charge in [-0.3, -0.25) is 14.4 Å². The van der Waals surface area contributed by atoms with Crippen molar-refractivity contribution in [1.82, 2.24) is 9.88 Å². The summed E-state index contributed by atoms with van der Waals surface area (Å²) in [5.41, 5.74) is 0.861. The van der Waals surface area contributed by atoms with Gasteiger partial charge in [-0.05, 0) is 19.4 Å².